The molecule has 19 heavy (non-hydrogen) atoms. The number of sulfonamides is 1. The first-order chi connectivity index (χ1) is 8.90. The Labute approximate surface area is 109 Å². The molecule has 0 bridgehead atoms. The summed E-state index contributed by atoms with van der Waals surface area (Å²) >= 11 is 0. The highest BCUT2D eigenvalue weighted by atomic mass is 32.2. The molecule has 0 radical (unpaired) electrons. The van der Waals surface area contributed by atoms with Crippen LogP contribution < -0.4 is 10.5 Å². The maximum absolute atomic E-state index is 12.0. The second-order valence-corrected chi connectivity index (χ2v) is 5.66. The zero-order valence-corrected chi connectivity index (χ0v) is 10.9. The van der Waals surface area contributed by atoms with Crippen LogP contribution in [-0.2, 0) is 23.6 Å². The fourth-order valence-corrected chi connectivity index (χ4v) is 2.62. The summed E-state index contributed by atoms with van der Waals surface area (Å²) in [4.78, 5) is 17.7. The fraction of sp³-hybridized carbons (Fsp3) is 0.200. The Balaban J connectivity index is 2.20. The normalized spacial score (nSPS) is 11.6. The number of aryl methyl sites for hydroxylation is 1. The van der Waals surface area contributed by atoms with Gasteiger partial charge in [0, 0.05) is 25.6 Å². The summed E-state index contributed by atoms with van der Waals surface area (Å²) in [5, 5.41) is 0. The molecule has 0 spiro atoms. The molecule has 0 fully saturated rings. The van der Waals surface area contributed by atoms with E-state index in [0.29, 0.717) is 5.82 Å². The minimum atomic E-state index is -3.71. The highest BCUT2D eigenvalue weighted by Crippen LogP contribution is 2.13. The lowest BCUT2D eigenvalue weighted by molar-refractivity contribution is 0.0992. The minimum absolute atomic E-state index is 0.0182. The number of aromatic amines is 1. The van der Waals surface area contributed by atoms with Crippen LogP contribution in [0.4, 0.5) is 0 Å². The average molecular weight is 283 g/mol. The van der Waals surface area contributed by atoms with Crippen LogP contribution in [0.5, 0.6) is 0 Å². The van der Waals surface area contributed by atoms with Gasteiger partial charge in [0.05, 0.1) is 6.54 Å². The second-order valence-electron chi connectivity index (χ2n) is 3.90. The van der Waals surface area contributed by atoms with Crippen LogP contribution >= 0.6 is 0 Å². The van der Waals surface area contributed by atoms with E-state index in [-0.39, 0.29) is 17.1 Å². The third-order valence-corrected chi connectivity index (χ3v) is 3.90. The molecule has 8 nitrogen and oxygen atoms in total. The first-order valence-corrected chi connectivity index (χ1v) is 6.82. The Morgan fingerprint density at radius 3 is 2.84 bits per heavy atom. The molecule has 0 aromatic carbocycles. The van der Waals surface area contributed by atoms with Crippen LogP contribution in [0, 0.1) is 0 Å². The van der Waals surface area contributed by atoms with Crippen molar-refractivity contribution >= 4 is 15.9 Å². The number of carbonyl (C=O) groups is 1. The predicted molar refractivity (Wildman–Crippen MR) is 66.5 cm³/mol. The summed E-state index contributed by atoms with van der Waals surface area (Å²) in [5.41, 5.74) is 5.26. The third kappa shape index (κ3) is 2.83. The molecular weight excluding hydrogens is 270 g/mol. The summed E-state index contributed by atoms with van der Waals surface area (Å²) in [6, 6.07) is 1.23. The summed E-state index contributed by atoms with van der Waals surface area (Å²) in [6.45, 7) is 0.0378. The number of H-pyrrole nitrogens is 1. The van der Waals surface area contributed by atoms with E-state index in [2.05, 4.69) is 14.7 Å². The highest BCUT2D eigenvalue weighted by Gasteiger charge is 2.19. The SMILES string of the molecule is Cn1cc(S(=O)(=O)NCc2ncc[nH]2)cc1C(N)=O. The van der Waals surface area contributed by atoms with E-state index in [1.54, 1.807) is 13.2 Å². The van der Waals surface area contributed by atoms with Crippen molar-refractivity contribution in [3.63, 3.8) is 0 Å². The lowest BCUT2D eigenvalue weighted by Gasteiger charge is -2.02. The third-order valence-electron chi connectivity index (χ3n) is 2.53. The topological polar surface area (TPSA) is 123 Å². The number of aromatic nitrogens is 3. The van der Waals surface area contributed by atoms with Crippen molar-refractivity contribution in [1.82, 2.24) is 19.3 Å². The maximum atomic E-state index is 12.0. The number of imidazole rings is 1. The van der Waals surface area contributed by atoms with Gasteiger partial charge in [-0.3, -0.25) is 4.79 Å². The molecule has 0 unspecified atom stereocenters. The van der Waals surface area contributed by atoms with Gasteiger partial charge >= 0.3 is 0 Å². The Bertz CT molecular complexity index is 687. The molecule has 0 aliphatic rings. The monoisotopic (exact) mass is 283 g/mol. The van der Waals surface area contributed by atoms with Crippen LogP contribution in [0.15, 0.2) is 29.6 Å². The Morgan fingerprint density at radius 1 is 1.58 bits per heavy atom. The maximum Gasteiger partial charge on any atom is 0.265 e. The zero-order chi connectivity index (χ0) is 14.0. The minimum Gasteiger partial charge on any atom is -0.364 e. The van der Waals surface area contributed by atoms with Crippen molar-refractivity contribution in [3.05, 3.63) is 36.2 Å². The van der Waals surface area contributed by atoms with Crippen LogP contribution in [0.2, 0.25) is 0 Å². The number of hydrogen-bond acceptors (Lipinski definition) is 4. The number of hydrogen-bond donors (Lipinski definition) is 3. The van der Waals surface area contributed by atoms with E-state index >= 15 is 0 Å². The van der Waals surface area contributed by atoms with E-state index in [1.165, 1.54) is 23.0 Å². The van der Waals surface area contributed by atoms with E-state index < -0.39 is 15.9 Å². The molecule has 9 heteroatoms. The number of primary amides is 1. The molecule has 102 valence electrons. The van der Waals surface area contributed by atoms with Gasteiger partial charge in [0.25, 0.3) is 5.91 Å². The van der Waals surface area contributed by atoms with Gasteiger partial charge in [-0.1, -0.05) is 0 Å². The van der Waals surface area contributed by atoms with E-state index in [4.69, 9.17) is 5.73 Å². The lowest BCUT2D eigenvalue weighted by Crippen LogP contribution is -2.23. The molecule has 0 aliphatic heterocycles. The number of carbonyl (C=O) groups excluding carboxylic acids is 1. The van der Waals surface area contributed by atoms with Crippen molar-refractivity contribution < 1.29 is 13.2 Å². The molecule has 2 aromatic rings. The molecule has 2 rings (SSSR count). The van der Waals surface area contributed by atoms with Crippen LogP contribution in [0.1, 0.15) is 16.3 Å². The largest absolute Gasteiger partial charge is 0.364 e. The first kappa shape index (κ1) is 13.3. The number of rotatable bonds is 5. The lowest BCUT2D eigenvalue weighted by atomic mass is 10.4. The van der Waals surface area contributed by atoms with Crippen LogP contribution in [-0.4, -0.2) is 28.9 Å². The molecule has 1 amide bonds. The first-order valence-electron chi connectivity index (χ1n) is 5.34. The van der Waals surface area contributed by atoms with Crippen LogP contribution in [0.25, 0.3) is 0 Å². The second kappa shape index (κ2) is 4.86. The Morgan fingerprint density at radius 2 is 2.32 bits per heavy atom. The number of amides is 1. The molecule has 0 saturated heterocycles. The van der Waals surface area contributed by atoms with E-state index in [1.807, 2.05) is 0 Å². The molecule has 2 aromatic heterocycles. The smallest absolute Gasteiger partial charge is 0.265 e. The predicted octanol–water partition coefficient (Wildman–Crippen LogP) is -0.674. The van der Waals surface area contributed by atoms with Crippen LogP contribution in [0.3, 0.4) is 0 Å². The summed E-state index contributed by atoms with van der Waals surface area (Å²) in [6.07, 6.45) is 4.44. The number of nitrogens with two attached hydrogens (primary N) is 1. The summed E-state index contributed by atoms with van der Waals surface area (Å²) in [7, 11) is -2.16. The summed E-state index contributed by atoms with van der Waals surface area (Å²) < 4.78 is 27.7. The van der Waals surface area contributed by atoms with Crippen molar-refractivity contribution in [2.75, 3.05) is 0 Å². The van der Waals surface area contributed by atoms with Crippen molar-refractivity contribution in [3.8, 4) is 0 Å². The Kier molecular flexibility index (Phi) is 3.40. The van der Waals surface area contributed by atoms with Gasteiger partial charge in [-0.2, -0.15) is 0 Å². The number of nitrogens with one attached hydrogen (secondary N) is 2. The molecule has 0 saturated carbocycles. The molecule has 2 heterocycles. The standard InChI is InChI=1S/C10H13N5O3S/c1-15-6-7(4-8(15)10(11)16)19(17,18)14-5-9-12-2-3-13-9/h2-4,6,14H,5H2,1H3,(H2,11,16)(H,12,13). The van der Waals surface area contributed by atoms with Gasteiger partial charge in [-0.15, -0.1) is 0 Å². The fourth-order valence-electron chi connectivity index (χ4n) is 1.57. The molecule has 0 atom stereocenters. The van der Waals surface area contributed by atoms with Gasteiger partial charge in [0.15, 0.2) is 0 Å². The molecular formula is C10H13N5O3S. The van der Waals surface area contributed by atoms with Crippen molar-refractivity contribution in [1.29, 1.82) is 0 Å². The van der Waals surface area contributed by atoms with Gasteiger partial charge in [0.2, 0.25) is 10.0 Å². The van der Waals surface area contributed by atoms with E-state index in [0.717, 1.165) is 0 Å². The van der Waals surface area contributed by atoms with Crippen molar-refractivity contribution in [2.24, 2.45) is 12.8 Å². The highest BCUT2D eigenvalue weighted by molar-refractivity contribution is 7.89. The van der Waals surface area contributed by atoms with Crippen molar-refractivity contribution in [2.45, 2.75) is 11.4 Å². The zero-order valence-electron chi connectivity index (χ0n) is 10.1. The van der Waals surface area contributed by atoms with Gasteiger partial charge < -0.3 is 15.3 Å². The molecule has 4 N–H and O–H groups in total. The van der Waals surface area contributed by atoms with E-state index in [9.17, 15) is 13.2 Å². The van der Waals surface area contributed by atoms with Gasteiger partial charge in [-0.05, 0) is 6.07 Å². The summed E-state index contributed by atoms with van der Waals surface area (Å²) in [5.74, 6) is -0.190. The quantitative estimate of drug-likeness (QED) is 0.673. The number of nitrogens with zero attached hydrogens (tertiary/aromatic N) is 2. The van der Waals surface area contributed by atoms with Gasteiger partial charge in [-0.25, -0.2) is 18.1 Å². The van der Waals surface area contributed by atoms with Gasteiger partial charge in [0.1, 0.15) is 16.4 Å². The molecule has 0 aliphatic carbocycles. The Hall–Kier alpha value is -2.13. The average Bonchev–Trinajstić information content (AvgIpc) is 2.95.